The third-order valence-corrected chi connectivity index (χ3v) is 0.716. The number of nitrogens with zero attached hydrogens (tertiary/aromatic N) is 1. The quantitative estimate of drug-likeness (QED) is 0.501. The molecule has 0 saturated heterocycles. The SMILES string of the molecule is CC(=O)NC(C#N)CO. The molecule has 4 nitrogen and oxygen atoms in total. The Bertz CT molecular complexity index is 138. The van der Waals surface area contributed by atoms with Gasteiger partial charge < -0.3 is 10.4 Å². The predicted octanol–water partition coefficient (Wildman–Crippen LogP) is -0.993. The Labute approximate surface area is 53.1 Å². The number of aliphatic hydroxyl groups excluding tert-OH is 1. The van der Waals surface area contributed by atoms with E-state index in [1.54, 1.807) is 6.07 Å². The lowest BCUT2D eigenvalue weighted by Crippen LogP contribution is -2.34. The summed E-state index contributed by atoms with van der Waals surface area (Å²) >= 11 is 0. The summed E-state index contributed by atoms with van der Waals surface area (Å²) in [6, 6.07) is 0.940. The molecule has 9 heavy (non-hydrogen) atoms. The normalized spacial score (nSPS) is 11.7. The van der Waals surface area contributed by atoms with Crippen LogP contribution in [0.3, 0.4) is 0 Å². The van der Waals surface area contributed by atoms with Crippen LogP contribution in [0.2, 0.25) is 0 Å². The summed E-state index contributed by atoms with van der Waals surface area (Å²) in [7, 11) is 0. The van der Waals surface area contributed by atoms with Crippen LogP contribution in [0.4, 0.5) is 0 Å². The van der Waals surface area contributed by atoms with E-state index in [9.17, 15) is 4.79 Å². The van der Waals surface area contributed by atoms with Crippen molar-refractivity contribution in [3.8, 4) is 6.07 Å². The lowest BCUT2D eigenvalue weighted by molar-refractivity contribution is -0.119. The van der Waals surface area contributed by atoms with Crippen molar-refractivity contribution in [2.24, 2.45) is 0 Å². The van der Waals surface area contributed by atoms with Gasteiger partial charge in [-0.1, -0.05) is 0 Å². The van der Waals surface area contributed by atoms with Crippen LogP contribution in [0, 0.1) is 11.3 Å². The monoisotopic (exact) mass is 128 g/mol. The fourth-order valence-electron chi connectivity index (χ4n) is 0.364. The molecule has 0 fully saturated rings. The highest BCUT2D eigenvalue weighted by molar-refractivity contribution is 5.73. The second-order valence-electron chi connectivity index (χ2n) is 1.56. The van der Waals surface area contributed by atoms with Crippen LogP contribution >= 0.6 is 0 Å². The highest BCUT2D eigenvalue weighted by atomic mass is 16.3. The summed E-state index contributed by atoms with van der Waals surface area (Å²) in [5.41, 5.74) is 0. The van der Waals surface area contributed by atoms with Gasteiger partial charge >= 0.3 is 0 Å². The predicted molar refractivity (Wildman–Crippen MR) is 30.3 cm³/mol. The van der Waals surface area contributed by atoms with E-state index in [1.807, 2.05) is 0 Å². The maximum atomic E-state index is 10.2. The summed E-state index contributed by atoms with van der Waals surface area (Å²) in [6.07, 6.45) is 0. The molecule has 0 aliphatic heterocycles. The van der Waals surface area contributed by atoms with Crippen molar-refractivity contribution >= 4 is 5.91 Å². The van der Waals surface area contributed by atoms with E-state index >= 15 is 0 Å². The molecule has 2 N–H and O–H groups in total. The van der Waals surface area contributed by atoms with Crippen molar-refractivity contribution in [2.45, 2.75) is 13.0 Å². The summed E-state index contributed by atoms with van der Waals surface area (Å²) in [4.78, 5) is 10.2. The second kappa shape index (κ2) is 3.87. The van der Waals surface area contributed by atoms with Gasteiger partial charge in [0.25, 0.3) is 0 Å². The Hall–Kier alpha value is -1.08. The van der Waals surface area contributed by atoms with Crippen LogP contribution in [0.5, 0.6) is 0 Å². The maximum Gasteiger partial charge on any atom is 0.217 e. The number of carbonyl (C=O) groups excluding carboxylic acids is 1. The third-order valence-electron chi connectivity index (χ3n) is 0.716. The number of rotatable bonds is 2. The fraction of sp³-hybridized carbons (Fsp3) is 0.600. The first-order valence-electron chi connectivity index (χ1n) is 2.48. The Balaban J connectivity index is 3.60. The number of amides is 1. The molecule has 0 aromatic carbocycles. The van der Waals surface area contributed by atoms with E-state index in [1.165, 1.54) is 6.92 Å². The Morgan fingerprint density at radius 1 is 2.00 bits per heavy atom. The Morgan fingerprint density at radius 2 is 2.56 bits per heavy atom. The summed E-state index contributed by atoms with van der Waals surface area (Å²) in [5.74, 6) is -0.310. The van der Waals surface area contributed by atoms with Gasteiger partial charge in [-0.25, -0.2) is 0 Å². The summed E-state index contributed by atoms with van der Waals surface area (Å²) < 4.78 is 0. The molecule has 50 valence electrons. The molecule has 4 heteroatoms. The third kappa shape index (κ3) is 3.50. The second-order valence-corrected chi connectivity index (χ2v) is 1.56. The van der Waals surface area contributed by atoms with Gasteiger partial charge in [0.05, 0.1) is 12.7 Å². The van der Waals surface area contributed by atoms with Crippen LogP contribution in [0.25, 0.3) is 0 Å². The molecule has 1 amide bonds. The van der Waals surface area contributed by atoms with Gasteiger partial charge in [-0.2, -0.15) is 5.26 Å². The molecule has 0 aromatic rings. The van der Waals surface area contributed by atoms with Crippen LogP contribution in [0.1, 0.15) is 6.92 Å². The van der Waals surface area contributed by atoms with Crippen LogP contribution in [0.15, 0.2) is 0 Å². The van der Waals surface area contributed by atoms with Crippen molar-refractivity contribution < 1.29 is 9.90 Å². The average molecular weight is 128 g/mol. The standard InChI is InChI=1S/C5H8N2O2/c1-4(9)7-5(2-6)3-8/h5,8H,3H2,1H3,(H,7,9). The van der Waals surface area contributed by atoms with Crippen molar-refractivity contribution in [3.05, 3.63) is 0 Å². The van der Waals surface area contributed by atoms with Gasteiger partial charge in [0, 0.05) is 6.92 Å². The lowest BCUT2D eigenvalue weighted by atomic mass is 10.3. The van der Waals surface area contributed by atoms with E-state index in [2.05, 4.69) is 5.32 Å². The summed E-state index contributed by atoms with van der Waals surface area (Å²) in [6.45, 7) is 0.954. The highest BCUT2D eigenvalue weighted by Crippen LogP contribution is 1.75. The molecule has 0 rings (SSSR count). The zero-order valence-corrected chi connectivity index (χ0v) is 5.09. The minimum atomic E-state index is -0.762. The van der Waals surface area contributed by atoms with Gasteiger partial charge in [-0.15, -0.1) is 0 Å². The minimum absolute atomic E-state index is 0.310. The molecule has 0 bridgehead atoms. The zero-order valence-electron chi connectivity index (χ0n) is 5.09. The van der Waals surface area contributed by atoms with Crippen LogP contribution in [-0.2, 0) is 4.79 Å². The van der Waals surface area contributed by atoms with Crippen molar-refractivity contribution in [1.29, 1.82) is 5.26 Å². The Morgan fingerprint density at radius 3 is 2.67 bits per heavy atom. The molecule has 1 unspecified atom stereocenters. The van der Waals surface area contributed by atoms with Gasteiger partial charge in [-0.05, 0) is 0 Å². The molecule has 0 saturated carbocycles. The molecule has 0 radical (unpaired) electrons. The summed E-state index contributed by atoms with van der Waals surface area (Å²) in [5, 5.41) is 18.7. The first kappa shape index (κ1) is 7.92. The first-order chi connectivity index (χ1) is 4.20. The Kier molecular flexibility index (Phi) is 3.40. The number of hydrogen-bond donors (Lipinski definition) is 2. The van der Waals surface area contributed by atoms with Crippen molar-refractivity contribution in [2.75, 3.05) is 6.61 Å². The smallest absolute Gasteiger partial charge is 0.217 e. The van der Waals surface area contributed by atoms with E-state index < -0.39 is 6.04 Å². The number of aliphatic hydroxyl groups is 1. The number of hydrogen-bond acceptors (Lipinski definition) is 3. The lowest BCUT2D eigenvalue weighted by Gasteiger charge is -2.03. The number of nitrogens with one attached hydrogen (secondary N) is 1. The van der Waals surface area contributed by atoms with Gasteiger partial charge in [0.1, 0.15) is 6.04 Å². The topological polar surface area (TPSA) is 73.1 Å². The molecule has 1 atom stereocenters. The number of nitriles is 1. The first-order valence-corrected chi connectivity index (χ1v) is 2.48. The van der Waals surface area contributed by atoms with Crippen molar-refractivity contribution in [3.63, 3.8) is 0 Å². The molecule has 0 spiro atoms. The molecule has 0 aromatic heterocycles. The molecule has 0 aliphatic rings. The minimum Gasteiger partial charge on any atom is -0.393 e. The van der Waals surface area contributed by atoms with Gasteiger partial charge in [-0.3, -0.25) is 4.79 Å². The molecular weight excluding hydrogens is 120 g/mol. The van der Waals surface area contributed by atoms with Gasteiger partial charge in [0.2, 0.25) is 5.91 Å². The molecule has 0 aliphatic carbocycles. The van der Waals surface area contributed by atoms with Gasteiger partial charge in [0.15, 0.2) is 0 Å². The average Bonchev–Trinajstić information content (AvgIpc) is 1.82. The van der Waals surface area contributed by atoms with E-state index in [-0.39, 0.29) is 12.5 Å². The largest absolute Gasteiger partial charge is 0.393 e. The van der Waals surface area contributed by atoms with E-state index in [0.29, 0.717) is 0 Å². The van der Waals surface area contributed by atoms with E-state index in [4.69, 9.17) is 10.4 Å². The van der Waals surface area contributed by atoms with Crippen molar-refractivity contribution in [1.82, 2.24) is 5.32 Å². The molecular formula is C5H8N2O2. The fourth-order valence-corrected chi connectivity index (χ4v) is 0.364. The highest BCUT2D eigenvalue weighted by Gasteiger charge is 2.03. The van der Waals surface area contributed by atoms with Crippen LogP contribution in [-0.4, -0.2) is 23.7 Å². The maximum absolute atomic E-state index is 10.2. The van der Waals surface area contributed by atoms with E-state index in [0.717, 1.165) is 0 Å². The van der Waals surface area contributed by atoms with Crippen LogP contribution < -0.4 is 5.32 Å². The number of carbonyl (C=O) groups is 1. The zero-order chi connectivity index (χ0) is 7.28. The molecule has 0 heterocycles.